The van der Waals surface area contributed by atoms with E-state index in [0.717, 1.165) is 29.6 Å². The molecule has 0 saturated heterocycles. The lowest BCUT2D eigenvalue weighted by molar-refractivity contribution is 0.211. The van der Waals surface area contributed by atoms with Gasteiger partial charge in [-0.1, -0.05) is 116 Å². The average molecular weight is 333 g/mol. The second-order valence-electron chi connectivity index (χ2n) is 9.77. The smallest absolute Gasteiger partial charge is 0.0360 e. The van der Waals surface area contributed by atoms with Gasteiger partial charge in [0.25, 0.3) is 0 Å². The molecule has 4 rings (SSSR count). The minimum atomic E-state index is 1.05. The van der Waals surface area contributed by atoms with Crippen LogP contribution in [0.25, 0.3) is 0 Å². The monoisotopic (exact) mass is 332 g/mol. The van der Waals surface area contributed by atoms with Crippen LogP contribution < -0.4 is 0 Å². The van der Waals surface area contributed by atoms with E-state index in [4.69, 9.17) is 0 Å². The van der Waals surface area contributed by atoms with E-state index in [1.165, 1.54) is 70.6 Å². The Balaban J connectivity index is 0.000000141. The molecule has 0 aromatic carbocycles. The van der Waals surface area contributed by atoms with Crippen molar-refractivity contribution in [2.75, 3.05) is 0 Å². The standard InChI is InChI=1S/2C12H22/c1-10-6-5-9-12(10)11-7-3-2-4-8-11;1-2-4-7-11-9-6-10-12(11)8-5-3-1/h10-12H,2-9H2,1H3;11-12H,1-10H2. The Hall–Kier alpha value is 0. The first-order valence-electron chi connectivity index (χ1n) is 11.8. The second kappa shape index (κ2) is 10.2. The SMILES string of the molecule is C1CCCC2CCCC2CCC1.CC1CCCC1C1CCCCC1. The van der Waals surface area contributed by atoms with Gasteiger partial charge in [-0.2, -0.15) is 0 Å². The third kappa shape index (κ3) is 5.50. The molecule has 4 aliphatic rings. The second-order valence-corrected chi connectivity index (χ2v) is 9.77. The van der Waals surface area contributed by atoms with Gasteiger partial charge in [-0.3, -0.25) is 0 Å². The Morgan fingerprint density at radius 1 is 0.375 bits per heavy atom. The van der Waals surface area contributed by atoms with Gasteiger partial charge < -0.3 is 0 Å². The van der Waals surface area contributed by atoms with E-state index in [1.807, 2.05) is 0 Å². The van der Waals surface area contributed by atoms with Crippen LogP contribution in [0, 0.1) is 29.6 Å². The maximum Gasteiger partial charge on any atom is -0.0360 e. The highest BCUT2D eigenvalue weighted by atomic mass is 14.4. The van der Waals surface area contributed by atoms with Crippen LogP contribution in [0.1, 0.15) is 122 Å². The van der Waals surface area contributed by atoms with Crippen LogP contribution in [0.3, 0.4) is 0 Å². The fourth-order valence-electron chi connectivity index (χ4n) is 6.65. The number of hydrogen-bond acceptors (Lipinski definition) is 0. The Morgan fingerprint density at radius 2 is 0.792 bits per heavy atom. The zero-order valence-corrected chi connectivity index (χ0v) is 16.6. The minimum Gasteiger partial charge on any atom is -0.0622 e. The highest BCUT2D eigenvalue weighted by Gasteiger charge is 2.31. The predicted molar refractivity (Wildman–Crippen MR) is 106 cm³/mol. The molecule has 4 atom stereocenters. The first-order valence-corrected chi connectivity index (χ1v) is 11.8. The third-order valence-electron chi connectivity index (χ3n) is 8.15. The zero-order chi connectivity index (χ0) is 16.6. The summed E-state index contributed by atoms with van der Waals surface area (Å²) >= 11 is 0. The van der Waals surface area contributed by atoms with Crippen molar-refractivity contribution in [3.63, 3.8) is 0 Å². The molecule has 4 fully saturated rings. The number of hydrogen-bond donors (Lipinski definition) is 0. The summed E-state index contributed by atoms with van der Waals surface area (Å²) in [5.74, 6) is 5.57. The first-order chi connectivity index (χ1) is 11.8. The van der Waals surface area contributed by atoms with Crippen LogP contribution in [0.5, 0.6) is 0 Å². The lowest BCUT2D eigenvalue weighted by Crippen LogP contribution is -2.19. The van der Waals surface area contributed by atoms with Crippen molar-refractivity contribution < 1.29 is 0 Å². The summed E-state index contributed by atoms with van der Waals surface area (Å²) in [5, 5.41) is 0. The minimum absolute atomic E-state index is 1.05. The summed E-state index contributed by atoms with van der Waals surface area (Å²) in [5.41, 5.74) is 0. The molecule has 4 saturated carbocycles. The Bertz CT molecular complexity index is 313. The summed E-state index contributed by atoms with van der Waals surface area (Å²) in [7, 11) is 0. The van der Waals surface area contributed by atoms with Gasteiger partial charge in [0.15, 0.2) is 0 Å². The van der Waals surface area contributed by atoms with Gasteiger partial charge in [0.2, 0.25) is 0 Å². The fourth-order valence-corrected chi connectivity index (χ4v) is 6.65. The largest absolute Gasteiger partial charge is 0.0622 e. The molecule has 0 N–H and O–H groups in total. The van der Waals surface area contributed by atoms with Crippen molar-refractivity contribution in [3.05, 3.63) is 0 Å². The van der Waals surface area contributed by atoms with Crippen molar-refractivity contribution >= 4 is 0 Å². The molecule has 0 bridgehead atoms. The highest BCUT2D eigenvalue weighted by Crippen LogP contribution is 2.42. The van der Waals surface area contributed by atoms with Crippen molar-refractivity contribution in [3.8, 4) is 0 Å². The van der Waals surface area contributed by atoms with Crippen LogP contribution >= 0.6 is 0 Å². The van der Waals surface area contributed by atoms with E-state index in [-0.39, 0.29) is 0 Å². The summed E-state index contributed by atoms with van der Waals surface area (Å²) in [4.78, 5) is 0. The molecule has 0 heteroatoms. The van der Waals surface area contributed by atoms with E-state index in [1.54, 1.807) is 44.9 Å². The molecule has 140 valence electrons. The highest BCUT2D eigenvalue weighted by molar-refractivity contribution is 4.82. The molecule has 0 nitrogen and oxygen atoms in total. The summed E-state index contributed by atoms with van der Waals surface area (Å²) < 4.78 is 0. The predicted octanol–water partition coefficient (Wildman–Crippen LogP) is 8.15. The van der Waals surface area contributed by atoms with Crippen molar-refractivity contribution in [2.45, 2.75) is 122 Å². The molecule has 0 aromatic rings. The van der Waals surface area contributed by atoms with Crippen molar-refractivity contribution in [2.24, 2.45) is 29.6 Å². The Morgan fingerprint density at radius 3 is 1.33 bits per heavy atom. The Labute approximate surface area is 152 Å². The molecule has 0 aromatic heterocycles. The van der Waals surface area contributed by atoms with Crippen LogP contribution in [0.4, 0.5) is 0 Å². The number of fused-ring (bicyclic) bond motifs is 1. The van der Waals surface area contributed by atoms with E-state index >= 15 is 0 Å². The van der Waals surface area contributed by atoms with Gasteiger partial charge in [-0.05, 0) is 36.0 Å². The molecule has 0 amide bonds. The number of rotatable bonds is 1. The maximum atomic E-state index is 2.48. The first kappa shape index (κ1) is 18.8. The molecule has 4 aliphatic carbocycles. The van der Waals surface area contributed by atoms with Gasteiger partial charge in [-0.25, -0.2) is 0 Å². The summed E-state index contributed by atoms with van der Waals surface area (Å²) in [6.07, 6.45) is 27.6. The molecule has 24 heavy (non-hydrogen) atoms. The van der Waals surface area contributed by atoms with Gasteiger partial charge >= 0.3 is 0 Å². The van der Waals surface area contributed by atoms with E-state index in [9.17, 15) is 0 Å². The van der Waals surface area contributed by atoms with Gasteiger partial charge in [0.1, 0.15) is 0 Å². The average Bonchev–Trinajstić information content (AvgIpc) is 3.24. The Kier molecular flexibility index (Phi) is 8.00. The topological polar surface area (TPSA) is 0 Å². The van der Waals surface area contributed by atoms with Gasteiger partial charge in [-0.15, -0.1) is 0 Å². The third-order valence-corrected chi connectivity index (χ3v) is 8.15. The fraction of sp³-hybridized carbons (Fsp3) is 1.00. The van der Waals surface area contributed by atoms with Crippen LogP contribution in [-0.4, -0.2) is 0 Å². The van der Waals surface area contributed by atoms with Crippen LogP contribution in [-0.2, 0) is 0 Å². The van der Waals surface area contributed by atoms with Gasteiger partial charge in [0, 0.05) is 0 Å². The zero-order valence-electron chi connectivity index (χ0n) is 16.6. The summed E-state index contributed by atoms with van der Waals surface area (Å²) in [6, 6.07) is 0. The van der Waals surface area contributed by atoms with Crippen molar-refractivity contribution in [1.29, 1.82) is 0 Å². The molecule has 0 aliphatic heterocycles. The molecule has 0 spiro atoms. The molecule has 4 unspecified atom stereocenters. The molecule has 0 heterocycles. The summed E-state index contributed by atoms with van der Waals surface area (Å²) in [6.45, 7) is 2.48. The van der Waals surface area contributed by atoms with E-state index in [0.29, 0.717) is 0 Å². The van der Waals surface area contributed by atoms with Crippen LogP contribution in [0.2, 0.25) is 0 Å². The molecular weight excluding hydrogens is 288 g/mol. The molecule has 0 radical (unpaired) electrons. The van der Waals surface area contributed by atoms with E-state index < -0.39 is 0 Å². The normalized spacial score (nSPS) is 38.4. The molecular formula is C24H44. The lowest BCUT2D eigenvalue weighted by Gasteiger charge is -2.30. The lowest BCUT2D eigenvalue weighted by atomic mass is 9.76. The van der Waals surface area contributed by atoms with E-state index in [2.05, 4.69) is 6.92 Å². The quantitative estimate of drug-likeness (QED) is 0.454. The van der Waals surface area contributed by atoms with Crippen LogP contribution in [0.15, 0.2) is 0 Å². The maximum absolute atomic E-state index is 2.48. The van der Waals surface area contributed by atoms with Crippen molar-refractivity contribution in [1.82, 2.24) is 0 Å². The van der Waals surface area contributed by atoms with Gasteiger partial charge in [0.05, 0.1) is 0 Å².